The van der Waals surface area contributed by atoms with Gasteiger partial charge in [-0.05, 0) is 29.7 Å². The second kappa shape index (κ2) is 10.1. The first-order valence-electron chi connectivity index (χ1n) is 9.95. The highest BCUT2D eigenvalue weighted by molar-refractivity contribution is 7.99. The molecule has 6 nitrogen and oxygen atoms in total. The van der Waals surface area contributed by atoms with Gasteiger partial charge in [0.05, 0.1) is 28.9 Å². The van der Waals surface area contributed by atoms with E-state index in [1.807, 2.05) is 44.2 Å². The van der Waals surface area contributed by atoms with E-state index in [1.165, 1.54) is 6.07 Å². The number of urea groups is 1. The zero-order valence-corrected chi connectivity index (χ0v) is 18.4. The van der Waals surface area contributed by atoms with Gasteiger partial charge in [0, 0.05) is 6.54 Å². The van der Waals surface area contributed by atoms with Crippen molar-refractivity contribution in [2.75, 3.05) is 12.3 Å². The number of fused-ring (bicyclic) bond motifs is 1. The molecule has 0 bridgehead atoms. The number of imidazole rings is 1. The largest absolute Gasteiger partial charge is 0.416 e. The molecular weight excluding hydrogens is 441 g/mol. The molecule has 3 aromatic rings. The zero-order chi connectivity index (χ0) is 23.3. The Bertz CT molecular complexity index is 1100. The number of aromatic nitrogens is 2. The second-order valence-electron chi connectivity index (χ2n) is 7.61. The van der Waals surface area contributed by atoms with Crippen LogP contribution < -0.4 is 10.6 Å². The molecule has 10 heteroatoms. The van der Waals surface area contributed by atoms with E-state index in [0.29, 0.717) is 23.8 Å². The van der Waals surface area contributed by atoms with E-state index in [9.17, 15) is 22.8 Å². The lowest BCUT2D eigenvalue weighted by molar-refractivity contribution is -0.137. The number of carbonyl (C=O) groups excluding carboxylic acids is 2. The molecule has 0 unspecified atom stereocenters. The van der Waals surface area contributed by atoms with Crippen molar-refractivity contribution in [1.82, 2.24) is 20.2 Å². The van der Waals surface area contributed by atoms with E-state index < -0.39 is 23.7 Å². The van der Waals surface area contributed by atoms with Crippen LogP contribution in [0.4, 0.5) is 18.0 Å². The Kier molecular flexibility index (Phi) is 7.44. The molecule has 2 N–H and O–H groups in total. The van der Waals surface area contributed by atoms with Crippen LogP contribution in [0.15, 0.2) is 53.7 Å². The lowest BCUT2D eigenvalue weighted by atomic mass is 10.2. The van der Waals surface area contributed by atoms with E-state index in [0.717, 1.165) is 29.5 Å². The third-order valence-corrected chi connectivity index (χ3v) is 5.46. The predicted molar refractivity (Wildman–Crippen MR) is 117 cm³/mol. The molecule has 3 amide bonds. The summed E-state index contributed by atoms with van der Waals surface area (Å²) < 4.78 is 41.1. The number of thioether (sulfide) groups is 1. The summed E-state index contributed by atoms with van der Waals surface area (Å²) in [5.74, 6) is -0.394. The fraction of sp³-hybridized carbons (Fsp3) is 0.318. The Hall–Kier alpha value is -3.01. The molecule has 0 aliphatic rings. The molecule has 2 aromatic carbocycles. The summed E-state index contributed by atoms with van der Waals surface area (Å²) in [7, 11) is 0. The number of hydrogen-bond acceptors (Lipinski definition) is 4. The van der Waals surface area contributed by atoms with Crippen molar-refractivity contribution in [1.29, 1.82) is 0 Å². The number of hydrogen-bond donors (Lipinski definition) is 2. The van der Waals surface area contributed by atoms with Crippen LogP contribution in [0.3, 0.4) is 0 Å². The van der Waals surface area contributed by atoms with Crippen molar-refractivity contribution in [3.63, 3.8) is 0 Å². The fourth-order valence-corrected chi connectivity index (χ4v) is 3.76. The molecule has 0 aliphatic carbocycles. The Labute approximate surface area is 187 Å². The van der Waals surface area contributed by atoms with E-state index in [2.05, 4.69) is 15.6 Å². The van der Waals surface area contributed by atoms with Crippen molar-refractivity contribution >= 4 is 34.7 Å². The molecule has 0 saturated heterocycles. The van der Waals surface area contributed by atoms with Crippen molar-refractivity contribution < 1.29 is 22.8 Å². The van der Waals surface area contributed by atoms with E-state index in [1.54, 1.807) is 4.57 Å². The molecule has 32 heavy (non-hydrogen) atoms. The number of nitrogens with zero attached hydrogens (tertiary/aromatic N) is 2. The molecule has 3 rings (SSSR count). The lowest BCUT2D eigenvalue weighted by Crippen LogP contribution is -2.41. The molecule has 1 aromatic heterocycles. The number of nitrogens with one attached hydrogen (secondary N) is 2. The van der Waals surface area contributed by atoms with E-state index in [4.69, 9.17) is 0 Å². The lowest BCUT2D eigenvalue weighted by Gasteiger charge is -2.10. The molecule has 0 radical (unpaired) electrons. The average molecular weight is 465 g/mol. The summed E-state index contributed by atoms with van der Waals surface area (Å²) in [6, 6.07) is 12.2. The summed E-state index contributed by atoms with van der Waals surface area (Å²) in [6.45, 7) is 4.67. The van der Waals surface area contributed by atoms with Crippen LogP contribution in [0.1, 0.15) is 25.0 Å². The molecular formula is C22H23F3N4O2S. The Balaban J connectivity index is 1.81. The van der Waals surface area contributed by atoms with Crippen LogP contribution in [-0.2, 0) is 17.5 Å². The Morgan fingerprint density at radius 1 is 1.12 bits per heavy atom. The Morgan fingerprint density at radius 3 is 2.50 bits per heavy atom. The quantitative estimate of drug-likeness (QED) is 0.498. The van der Waals surface area contributed by atoms with Gasteiger partial charge in [0.2, 0.25) is 5.91 Å². The maximum atomic E-state index is 13.1. The van der Waals surface area contributed by atoms with Gasteiger partial charge < -0.3 is 9.88 Å². The minimum atomic E-state index is -4.48. The number of alkyl halides is 3. The van der Waals surface area contributed by atoms with Gasteiger partial charge in [0.25, 0.3) is 0 Å². The number of carbonyl (C=O) groups is 2. The Morgan fingerprint density at radius 2 is 1.84 bits per heavy atom. The van der Waals surface area contributed by atoms with Crippen molar-refractivity contribution in [2.45, 2.75) is 31.7 Å². The molecule has 0 fully saturated rings. The molecule has 0 saturated carbocycles. The third-order valence-electron chi connectivity index (χ3n) is 4.48. The van der Waals surface area contributed by atoms with Gasteiger partial charge in [-0.3, -0.25) is 10.1 Å². The highest BCUT2D eigenvalue weighted by Gasteiger charge is 2.31. The van der Waals surface area contributed by atoms with Crippen molar-refractivity contribution in [3.8, 4) is 0 Å². The normalized spacial score (nSPS) is 11.7. The summed E-state index contributed by atoms with van der Waals surface area (Å²) in [5, 5.41) is 5.22. The topological polar surface area (TPSA) is 76.0 Å². The predicted octanol–water partition coefficient (Wildman–Crippen LogP) is 4.68. The summed E-state index contributed by atoms with van der Waals surface area (Å²) >= 11 is 1.06. The van der Waals surface area contributed by atoms with Crippen LogP contribution in [0, 0.1) is 5.92 Å². The summed E-state index contributed by atoms with van der Waals surface area (Å²) in [5.41, 5.74) is 0.865. The molecule has 170 valence electrons. The first-order valence-corrected chi connectivity index (χ1v) is 10.9. The fourth-order valence-electron chi connectivity index (χ4n) is 2.95. The van der Waals surface area contributed by atoms with Crippen molar-refractivity contribution in [3.05, 3.63) is 59.7 Å². The highest BCUT2D eigenvalue weighted by Crippen LogP contribution is 2.33. The maximum absolute atomic E-state index is 13.1. The highest BCUT2D eigenvalue weighted by atomic mass is 32.2. The smallest absolute Gasteiger partial charge is 0.338 e. The van der Waals surface area contributed by atoms with Crippen LogP contribution >= 0.6 is 11.8 Å². The molecule has 0 spiro atoms. The second-order valence-corrected chi connectivity index (χ2v) is 8.55. The summed E-state index contributed by atoms with van der Waals surface area (Å²) in [4.78, 5) is 28.3. The van der Waals surface area contributed by atoms with Gasteiger partial charge in [-0.2, -0.15) is 13.2 Å². The number of halogens is 3. The number of rotatable bonds is 7. The number of imide groups is 1. The molecule has 0 atom stereocenters. The first kappa shape index (κ1) is 23.6. The van der Waals surface area contributed by atoms with E-state index in [-0.39, 0.29) is 17.2 Å². The van der Waals surface area contributed by atoms with Crippen LogP contribution in [0.5, 0.6) is 0 Å². The van der Waals surface area contributed by atoms with E-state index >= 15 is 0 Å². The van der Waals surface area contributed by atoms with Crippen LogP contribution in [0.25, 0.3) is 11.0 Å². The van der Waals surface area contributed by atoms with Crippen molar-refractivity contribution in [2.24, 2.45) is 5.92 Å². The van der Waals surface area contributed by atoms with Gasteiger partial charge in [0.1, 0.15) is 0 Å². The minimum absolute atomic E-state index is 0.112. The zero-order valence-electron chi connectivity index (χ0n) is 17.6. The average Bonchev–Trinajstić information content (AvgIpc) is 3.07. The van der Waals surface area contributed by atoms with Gasteiger partial charge in [-0.1, -0.05) is 55.9 Å². The molecule has 1 heterocycles. The van der Waals surface area contributed by atoms with Gasteiger partial charge in [0.15, 0.2) is 5.16 Å². The first-order chi connectivity index (χ1) is 15.1. The summed E-state index contributed by atoms with van der Waals surface area (Å²) in [6.07, 6.45) is -4.48. The monoisotopic (exact) mass is 464 g/mol. The van der Waals surface area contributed by atoms with Gasteiger partial charge in [-0.15, -0.1) is 0 Å². The van der Waals surface area contributed by atoms with Crippen LogP contribution in [0.2, 0.25) is 0 Å². The molecule has 0 aliphatic heterocycles. The standard InChI is InChI=1S/C22H23F3N4O2S/c1-14(2)11-26-20(31)28-19(30)13-32-21-27-17-10-16(22(23,24)25)8-9-18(17)29(21)12-15-6-4-3-5-7-15/h3-10,14H,11-13H2,1-2H3,(H2,26,28,30,31). The maximum Gasteiger partial charge on any atom is 0.416 e. The van der Waals surface area contributed by atoms with Gasteiger partial charge in [-0.25, -0.2) is 9.78 Å². The van der Waals surface area contributed by atoms with Crippen LogP contribution in [-0.4, -0.2) is 33.8 Å². The SMILES string of the molecule is CC(C)CNC(=O)NC(=O)CSc1nc2cc(C(F)(F)F)ccc2n1Cc1ccccc1. The number of benzene rings is 2. The van der Waals surface area contributed by atoms with Gasteiger partial charge >= 0.3 is 12.2 Å². The number of amides is 3. The minimum Gasteiger partial charge on any atom is -0.338 e. The third kappa shape index (κ3) is 6.25.